The Kier molecular flexibility index (Phi) is 8.51. The van der Waals surface area contributed by atoms with Crippen LogP contribution in [-0.2, 0) is 29.2 Å². The summed E-state index contributed by atoms with van der Waals surface area (Å²) in [5, 5.41) is 0. The van der Waals surface area contributed by atoms with Crippen molar-refractivity contribution in [1.29, 1.82) is 0 Å². The number of hydrogen-bond donors (Lipinski definition) is 0. The quantitative estimate of drug-likeness (QED) is 0.380. The number of amides is 1. The van der Waals surface area contributed by atoms with E-state index in [9.17, 15) is 18.0 Å². The van der Waals surface area contributed by atoms with Crippen LogP contribution in [0.1, 0.15) is 93.6 Å². The first-order valence-corrected chi connectivity index (χ1v) is 14.9. The summed E-state index contributed by atoms with van der Waals surface area (Å²) in [5.41, 5.74) is 0.458. The van der Waals surface area contributed by atoms with Gasteiger partial charge >= 0.3 is 5.97 Å². The van der Waals surface area contributed by atoms with Crippen LogP contribution in [0.25, 0.3) is 0 Å². The molecule has 0 atom stereocenters. The molecule has 1 aromatic heterocycles. The molecule has 0 bridgehead atoms. The fourth-order valence-corrected chi connectivity index (χ4v) is 6.83. The second-order valence-electron chi connectivity index (χ2n) is 11.0. The van der Waals surface area contributed by atoms with Crippen LogP contribution >= 0.6 is 11.3 Å². The van der Waals surface area contributed by atoms with Crippen LogP contribution < -0.4 is 4.90 Å². The number of carbonyl (C=O) groups excluding carboxylic acids is 2. The Morgan fingerprint density at radius 3 is 2.12 bits per heavy atom. The third-order valence-electron chi connectivity index (χ3n) is 7.00. The summed E-state index contributed by atoms with van der Waals surface area (Å²) in [4.78, 5) is 30.1. The van der Waals surface area contributed by atoms with Gasteiger partial charge < -0.3 is 9.64 Å². The normalized spacial score (nSPS) is 26.2. The van der Waals surface area contributed by atoms with E-state index >= 15 is 0 Å². The fraction of sp³-hybridized carbons (Fsp3) is 0.760. The molecule has 2 saturated carbocycles. The average molecular weight is 514 g/mol. The molecule has 7 nitrogen and oxygen atoms in total. The molecule has 0 aliphatic heterocycles. The number of hydrogen-bond acceptors (Lipinski definition) is 7. The van der Waals surface area contributed by atoms with Crippen LogP contribution in [0, 0.1) is 11.8 Å². The van der Waals surface area contributed by atoms with Crippen LogP contribution in [0.2, 0.25) is 0 Å². The lowest BCUT2D eigenvalue weighted by Crippen LogP contribution is -2.47. The number of ether oxygens (including phenoxy) is 1. The van der Waals surface area contributed by atoms with Crippen molar-refractivity contribution in [2.45, 2.75) is 96.6 Å². The van der Waals surface area contributed by atoms with Crippen LogP contribution in [0.15, 0.2) is 6.07 Å². The molecule has 0 spiro atoms. The van der Waals surface area contributed by atoms with Crippen molar-refractivity contribution in [1.82, 2.24) is 0 Å². The molecule has 192 valence electrons. The van der Waals surface area contributed by atoms with Crippen LogP contribution in [0.3, 0.4) is 0 Å². The molecule has 0 unspecified atom stereocenters. The largest absolute Gasteiger partial charge is 0.465 e. The minimum atomic E-state index is -3.53. The highest BCUT2D eigenvalue weighted by Gasteiger charge is 2.39. The number of anilines is 1. The molecule has 9 heteroatoms. The lowest BCUT2D eigenvalue weighted by Gasteiger charge is -2.39. The van der Waals surface area contributed by atoms with Gasteiger partial charge in [0, 0.05) is 16.8 Å². The topological polar surface area (TPSA) is 90.0 Å². The van der Waals surface area contributed by atoms with Crippen molar-refractivity contribution in [3.05, 3.63) is 15.8 Å². The van der Waals surface area contributed by atoms with E-state index in [-0.39, 0.29) is 29.4 Å². The summed E-state index contributed by atoms with van der Waals surface area (Å²) in [5.74, 6) is 0.201. The maximum atomic E-state index is 14.0. The van der Waals surface area contributed by atoms with Crippen molar-refractivity contribution in [3.63, 3.8) is 0 Å². The van der Waals surface area contributed by atoms with E-state index in [1.54, 1.807) is 0 Å². The Morgan fingerprint density at radius 2 is 1.62 bits per heavy atom. The highest BCUT2D eigenvalue weighted by Crippen LogP contribution is 2.42. The number of carbonyl (C=O) groups is 2. The molecule has 0 N–H and O–H groups in total. The van der Waals surface area contributed by atoms with Gasteiger partial charge in [-0.15, -0.1) is 11.3 Å². The minimum absolute atomic E-state index is 0.0651. The standard InChI is InChI=1S/C25H39NO6S2/c1-16-7-9-17(10-8-16)23(27)26(18-11-13-19(14-12-18)32-34(6,29)30)20-15-21(25(2,3)4)33-22(20)24(28)31-5/h15-19H,7-14H2,1-6H3. The van der Waals surface area contributed by atoms with Crippen molar-refractivity contribution >= 4 is 39.0 Å². The van der Waals surface area contributed by atoms with Gasteiger partial charge in [-0.2, -0.15) is 8.42 Å². The van der Waals surface area contributed by atoms with Gasteiger partial charge in [0.25, 0.3) is 10.1 Å². The van der Waals surface area contributed by atoms with Gasteiger partial charge in [0.2, 0.25) is 5.91 Å². The number of nitrogens with zero attached hydrogens (tertiary/aromatic N) is 1. The van der Waals surface area contributed by atoms with Gasteiger partial charge in [-0.25, -0.2) is 4.79 Å². The van der Waals surface area contributed by atoms with Crippen molar-refractivity contribution in [3.8, 4) is 0 Å². The van der Waals surface area contributed by atoms with Crippen molar-refractivity contribution in [2.75, 3.05) is 18.3 Å². The molecular weight excluding hydrogens is 474 g/mol. The zero-order chi connectivity index (χ0) is 25.3. The van der Waals surface area contributed by atoms with Gasteiger partial charge in [-0.3, -0.25) is 8.98 Å². The molecule has 1 heterocycles. The zero-order valence-corrected chi connectivity index (χ0v) is 22.9. The molecule has 34 heavy (non-hydrogen) atoms. The molecule has 3 rings (SSSR count). The van der Waals surface area contributed by atoms with Gasteiger partial charge in [-0.1, -0.05) is 27.7 Å². The minimum Gasteiger partial charge on any atom is -0.465 e. The fourth-order valence-electron chi connectivity index (χ4n) is 5.01. The summed E-state index contributed by atoms with van der Waals surface area (Å²) < 4.78 is 33.5. The molecular formula is C25H39NO6S2. The van der Waals surface area contributed by atoms with Crippen molar-refractivity contribution in [2.24, 2.45) is 11.8 Å². The Labute approximate surface area is 208 Å². The number of thiophene rings is 1. The van der Waals surface area contributed by atoms with Gasteiger partial charge in [0.05, 0.1) is 25.2 Å². The van der Waals surface area contributed by atoms with E-state index in [1.807, 2.05) is 11.0 Å². The summed E-state index contributed by atoms with van der Waals surface area (Å²) >= 11 is 1.39. The third kappa shape index (κ3) is 6.61. The monoisotopic (exact) mass is 513 g/mol. The Balaban J connectivity index is 1.97. The lowest BCUT2D eigenvalue weighted by atomic mass is 9.81. The van der Waals surface area contributed by atoms with E-state index in [4.69, 9.17) is 8.92 Å². The Hall–Kier alpha value is -1.45. The summed E-state index contributed by atoms with van der Waals surface area (Å²) in [6.45, 7) is 8.50. The van der Waals surface area contributed by atoms with E-state index in [0.717, 1.165) is 36.8 Å². The predicted octanol–water partition coefficient (Wildman–Crippen LogP) is 5.28. The third-order valence-corrected chi connectivity index (χ3v) is 9.16. The Bertz CT molecular complexity index is 978. The van der Waals surface area contributed by atoms with Crippen LogP contribution in [0.4, 0.5) is 5.69 Å². The SMILES string of the molecule is COC(=O)c1sc(C(C)(C)C)cc1N(C(=O)C1CCC(C)CC1)C1CCC(OS(C)(=O)=O)CC1. The van der Waals surface area contributed by atoms with Crippen molar-refractivity contribution < 1.29 is 26.9 Å². The van der Waals surface area contributed by atoms with E-state index in [2.05, 4.69) is 27.7 Å². The first-order chi connectivity index (χ1) is 15.8. The maximum Gasteiger partial charge on any atom is 0.350 e. The number of rotatable bonds is 6. The van der Waals surface area contributed by atoms with Crippen LogP contribution in [0.5, 0.6) is 0 Å². The molecule has 1 aromatic rings. The average Bonchev–Trinajstić information content (AvgIpc) is 3.19. The van der Waals surface area contributed by atoms with Gasteiger partial charge in [0.15, 0.2) is 0 Å². The predicted molar refractivity (Wildman–Crippen MR) is 135 cm³/mol. The van der Waals surface area contributed by atoms with E-state index in [0.29, 0.717) is 42.2 Å². The van der Waals surface area contributed by atoms with E-state index < -0.39 is 16.1 Å². The molecule has 2 aliphatic carbocycles. The lowest BCUT2D eigenvalue weighted by molar-refractivity contribution is -0.124. The molecule has 0 radical (unpaired) electrons. The molecule has 0 saturated heterocycles. The zero-order valence-electron chi connectivity index (χ0n) is 21.3. The first-order valence-electron chi connectivity index (χ1n) is 12.2. The van der Waals surface area contributed by atoms with Gasteiger partial charge in [-0.05, 0) is 68.8 Å². The van der Waals surface area contributed by atoms with E-state index in [1.165, 1.54) is 18.4 Å². The summed E-state index contributed by atoms with van der Waals surface area (Å²) in [6.07, 6.45) is 6.80. The second-order valence-corrected chi connectivity index (χ2v) is 13.6. The Morgan fingerprint density at radius 1 is 1.03 bits per heavy atom. The molecule has 0 aromatic carbocycles. The van der Waals surface area contributed by atoms with Crippen LogP contribution in [-0.4, -0.2) is 45.8 Å². The maximum absolute atomic E-state index is 14.0. The number of methoxy groups -OCH3 is 1. The molecule has 1 amide bonds. The first kappa shape index (κ1) is 27.1. The summed E-state index contributed by atoms with van der Waals surface area (Å²) in [6, 6.07) is 1.87. The highest BCUT2D eigenvalue weighted by atomic mass is 32.2. The highest BCUT2D eigenvalue weighted by molar-refractivity contribution is 7.86. The van der Waals surface area contributed by atoms with Gasteiger partial charge in [0.1, 0.15) is 4.88 Å². The number of esters is 1. The molecule has 2 fully saturated rings. The summed E-state index contributed by atoms with van der Waals surface area (Å²) in [7, 11) is -2.16. The molecule has 2 aliphatic rings. The second kappa shape index (κ2) is 10.7. The smallest absolute Gasteiger partial charge is 0.350 e.